The Morgan fingerprint density at radius 2 is 0.532 bits per heavy atom. The van der Waals surface area contributed by atoms with Gasteiger partial charge in [0.05, 0.1) is 70.5 Å². The molecule has 4 rings (SSSR count). The van der Waals surface area contributed by atoms with Gasteiger partial charge in [-0.1, -0.05) is 138 Å². The van der Waals surface area contributed by atoms with Gasteiger partial charge in [0, 0.05) is 22.3 Å². The topological polar surface area (TPSA) is 0 Å². The summed E-state index contributed by atoms with van der Waals surface area (Å²) in [5.74, 6) is 2.47. The summed E-state index contributed by atoms with van der Waals surface area (Å²) in [4.78, 5) is 0. The molecule has 0 saturated heterocycles. The quantitative estimate of drug-likeness (QED) is 0.0424. The Balaban J connectivity index is -0.000000804. The largest absolute Gasteiger partial charge is 1.00 e. The highest BCUT2D eigenvalue weighted by Gasteiger charge is 2.29. The second-order valence-electron chi connectivity index (χ2n) is 23.1. The van der Waals surface area contributed by atoms with Crippen LogP contribution in [0.3, 0.4) is 0 Å². The summed E-state index contributed by atoms with van der Waals surface area (Å²) < 4.78 is 120. The molecular formula is C55H88B4F16N4. The zero-order valence-corrected chi connectivity index (χ0v) is 48.9. The molecule has 0 aliphatic heterocycles. The standard InChI is InChI=1S/C55H88N4.4BF3.4FH/c1-15-50(21-17-19-44(3)52-31-23-46(24-32-52)39-56(5,6)7)54-35-27-48(28-36-54)41-58(11,12)43-59(13,14)42-49-29-37-55(38-30-49)51(16-2)22-18-20-45(4)53-33-25-47(26-34-53)40-57(8,9)10;4*2-1(3)4;;;;/h23-38,44-45,50-51H,15-22,39-43H2,1-14H3;;;;;4*1H/q+4;;;;;;;;/p-4. The van der Waals surface area contributed by atoms with E-state index in [2.05, 4.69) is 195 Å². The average molecular weight is 1150 g/mol. The van der Waals surface area contributed by atoms with Crippen molar-refractivity contribution in [2.24, 2.45) is 0 Å². The van der Waals surface area contributed by atoms with Gasteiger partial charge in [0.15, 0.2) is 0 Å². The van der Waals surface area contributed by atoms with Crippen molar-refractivity contribution in [3.8, 4) is 0 Å². The maximum absolute atomic E-state index is 9.67. The fraction of sp³-hybridized carbons (Fsp3) is 0.564. The summed E-state index contributed by atoms with van der Waals surface area (Å²) in [5, 5.41) is 0. The van der Waals surface area contributed by atoms with Crippen LogP contribution in [-0.2, 0) is 26.2 Å². The van der Waals surface area contributed by atoms with Crippen LogP contribution in [0.1, 0.15) is 147 Å². The first-order chi connectivity index (χ1) is 34.6. The molecular weight excluding hydrogens is 1060 g/mol. The summed E-state index contributed by atoms with van der Waals surface area (Å²) in [7, 11) is 8.49. The van der Waals surface area contributed by atoms with Gasteiger partial charge in [0.2, 0.25) is 6.67 Å². The number of hydrogen-bond donors (Lipinski definition) is 0. The van der Waals surface area contributed by atoms with E-state index in [1.165, 1.54) is 95.9 Å². The van der Waals surface area contributed by atoms with Crippen molar-refractivity contribution in [3.05, 3.63) is 142 Å². The van der Waals surface area contributed by atoms with Crippen molar-refractivity contribution >= 4 is 30.2 Å². The van der Waals surface area contributed by atoms with E-state index in [1.807, 2.05) is 0 Å². The van der Waals surface area contributed by atoms with Gasteiger partial charge in [-0.25, -0.2) is 0 Å². The second kappa shape index (κ2) is 41.8. The molecule has 24 heteroatoms. The summed E-state index contributed by atoms with van der Waals surface area (Å²) in [6, 6.07) is 38.2. The molecule has 0 amide bonds. The third-order valence-corrected chi connectivity index (χ3v) is 12.7. The molecule has 0 fully saturated rings. The van der Waals surface area contributed by atoms with E-state index in [9.17, 15) is 51.8 Å². The van der Waals surface area contributed by atoms with Gasteiger partial charge in [-0.2, -0.15) is 0 Å². The monoisotopic (exact) mass is 1150 g/mol. The lowest BCUT2D eigenvalue weighted by molar-refractivity contribution is -1.08. The molecule has 452 valence electrons. The van der Waals surface area contributed by atoms with Crippen LogP contribution in [0.25, 0.3) is 0 Å². The van der Waals surface area contributed by atoms with Gasteiger partial charge < -0.3 is 27.8 Å². The van der Waals surface area contributed by atoms with Crippen LogP contribution in [0.15, 0.2) is 97.1 Å². The number of benzene rings is 4. The Kier molecular flexibility index (Phi) is 44.3. The van der Waals surface area contributed by atoms with Gasteiger partial charge in [0.1, 0.15) is 26.2 Å². The summed E-state index contributed by atoms with van der Waals surface area (Å²) >= 11 is 0. The van der Waals surface area contributed by atoms with Crippen LogP contribution in [0.4, 0.5) is 51.8 Å². The highest BCUT2D eigenvalue weighted by Crippen LogP contribution is 2.32. The number of rotatable bonds is 24. The van der Waals surface area contributed by atoms with Crippen molar-refractivity contribution in [1.29, 1.82) is 0 Å². The van der Waals surface area contributed by atoms with Gasteiger partial charge in [-0.15, -0.1) is 0 Å². The SMILES string of the molecule is CCC(CCCC(C)c1ccc(C[N+](C)(C)C)cc1)c1ccc(C[N+](C)(C)C[N+](C)(C)Cc2ccc(C(CC)CCCC(C)c3ccc(C[N+](C)(C)C)cc3)cc2)cc1.FB(F)F.FB(F)F.FB(F)F.FB(F)F.[F-].[F-].[F-].[F-]. The number of quaternary nitrogens is 4. The smallest absolute Gasteiger partial charge is 0.762 e. The minimum atomic E-state index is -3.67. The lowest BCUT2D eigenvalue weighted by Gasteiger charge is -2.39. The molecule has 0 heterocycles. The Labute approximate surface area is 465 Å². The maximum Gasteiger partial charge on any atom is 0.762 e. The molecule has 0 bridgehead atoms. The van der Waals surface area contributed by atoms with Crippen LogP contribution in [0, 0.1) is 0 Å². The van der Waals surface area contributed by atoms with E-state index in [1.54, 1.807) is 0 Å². The number of nitrogens with zero attached hydrogens (tertiary/aromatic N) is 4. The first-order valence-corrected chi connectivity index (χ1v) is 25.9. The molecule has 0 radical (unpaired) electrons. The third-order valence-electron chi connectivity index (χ3n) is 12.7. The molecule has 0 N–H and O–H groups in total. The highest BCUT2D eigenvalue weighted by molar-refractivity contribution is 6.34. The third kappa shape index (κ3) is 43.3. The predicted molar refractivity (Wildman–Crippen MR) is 293 cm³/mol. The lowest BCUT2D eigenvalue weighted by atomic mass is 9.87. The first kappa shape index (κ1) is 83.7. The zero-order valence-electron chi connectivity index (χ0n) is 48.9. The second-order valence-corrected chi connectivity index (χ2v) is 23.1. The van der Waals surface area contributed by atoms with Crippen LogP contribution in [-0.4, -0.2) is 125 Å². The van der Waals surface area contributed by atoms with Crippen LogP contribution >= 0.6 is 0 Å². The molecule has 79 heavy (non-hydrogen) atoms. The van der Waals surface area contributed by atoms with Gasteiger partial charge in [-0.05, 0) is 84.5 Å². The van der Waals surface area contributed by atoms with E-state index in [-0.39, 0.29) is 18.8 Å². The van der Waals surface area contributed by atoms with E-state index in [4.69, 9.17) is 0 Å². The first-order valence-electron chi connectivity index (χ1n) is 25.9. The van der Waals surface area contributed by atoms with Crippen LogP contribution < -0.4 is 18.8 Å². The van der Waals surface area contributed by atoms with Crippen LogP contribution in [0.5, 0.6) is 0 Å². The predicted octanol–water partition coefficient (Wildman–Crippen LogP) is 4.38. The van der Waals surface area contributed by atoms with Crippen molar-refractivity contribution in [2.45, 2.75) is 129 Å². The van der Waals surface area contributed by atoms with Crippen molar-refractivity contribution in [1.82, 2.24) is 0 Å². The fourth-order valence-electron chi connectivity index (χ4n) is 9.80. The molecule has 0 spiro atoms. The Morgan fingerprint density at radius 3 is 0.734 bits per heavy atom. The maximum atomic E-state index is 9.67. The summed E-state index contributed by atoms with van der Waals surface area (Å²) in [6.07, 6.45) is 9.97. The van der Waals surface area contributed by atoms with Crippen molar-refractivity contribution < 1.29 is 88.5 Å². The van der Waals surface area contributed by atoms with E-state index in [0.29, 0.717) is 23.7 Å². The Bertz CT molecular complexity index is 1900. The molecule has 4 aromatic rings. The molecule has 0 saturated carbocycles. The van der Waals surface area contributed by atoms with Crippen molar-refractivity contribution in [3.63, 3.8) is 0 Å². The zero-order chi connectivity index (χ0) is 57.7. The van der Waals surface area contributed by atoms with Gasteiger partial charge in [0.25, 0.3) is 0 Å². The highest BCUT2D eigenvalue weighted by atomic mass is 19.4. The molecule has 4 aromatic carbocycles. The van der Waals surface area contributed by atoms with E-state index < -0.39 is 30.2 Å². The number of halogens is 16. The Hall–Kier alpha value is -4.14. The van der Waals surface area contributed by atoms with Crippen molar-refractivity contribution in [2.75, 3.05) is 77.1 Å². The summed E-state index contributed by atoms with van der Waals surface area (Å²) in [5.41, 5.74) is 11.7. The van der Waals surface area contributed by atoms with E-state index in [0.717, 1.165) is 50.8 Å². The van der Waals surface area contributed by atoms with E-state index >= 15 is 0 Å². The summed E-state index contributed by atoms with van der Waals surface area (Å²) in [6.45, 7) is 14.8. The molecule has 0 aromatic heterocycles. The molecule has 4 unspecified atom stereocenters. The molecule has 0 aliphatic carbocycles. The van der Waals surface area contributed by atoms with Gasteiger partial charge in [-0.3, -0.25) is 60.8 Å². The van der Waals surface area contributed by atoms with Gasteiger partial charge >= 0.3 is 30.2 Å². The minimum absolute atomic E-state index is 0. The molecule has 4 nitrogen and oxygen atoms in total. The molecule has 4 atom stereocenters. The molecule has 0 aliphatic rings. The minimum Gasteiger partial charge on any atom is -1.00 e. The number of hydrogen-bond acceptors (Lipinski definition) is 0. The fourth-order valence-corrected chi connectivity index (χ4v) is 9.80. The van der Waals surface area contributed by atoms with Crippen LogP contribution in [0.2, 0.25) is 0 Å². The average Bonchev–Trinajstić information content (AvgIpc) is 3.25. The lowest BCUT2D eigenvalue weighted by Crippen LogP contribution is -3.00. The normalized spacial score (nSPS) is 12.5. The Morgan fingerprint density at radius 1 is 0.329 bits per heavy atom.